The molecule has 0 saturated heterocycles. The van der Waals surface area contributed by atoms with Crippen molar-refractivity contribution in [2.75, 3.05) is 6.54 Å². The quantitative estimate of drug-likeness (QED) is 0.828. The molecule has 1 aromatic rings. The molecule has 0 aromatic heterocycles. The average molecular weight is 294 g/mol. The number of hydrogen-bond donors (Lipinski definition) is 2. The first-order chi connectivity index (χ1) is 8.62. The molecule has 8 heteroatoms. The highest BCUT2D eigenvalue weighted by Crippen LogP contribution is 2.24. The summed E-state index contributed by atoms with van der Waals surface area (Å²) in [4.78, 5) is -0.348. The molecule has 0 bridgehead atoms. The molecular formula is C11H16F2N2O3S. The van der Waals surface area contributed by atoms with Gasteiger partial charge in [0.25, 0.3) is 0 Å². The molecule has 0 atom stereocenters. The van der Waals surface area contributed by atoms with Gasteiger partial charge < -0.3 is 10.5 Å². The number of hydrogen-bond acceptors (Lipinski definition) is 4. The smallest absolute Gasteiger partial charge is 0.387 e. The summed E-state index contributed by atoms with van der Waals surface area (Å²) in [5, 5.41) is 0. The average Bonchev–Trinajstić information content (AvgIpc) is 2.25. The Hall–Kier alpha value is -1.25. The van der Waals surface area contributed by atoms with Crippen molar-refractivity contribution in [3.8, 4) is 5.75 Å². The molecule has 0 spiro atoms. The summed E-state index contributed by atoms with van der Waals surface area (Å²) in [5.41, 5.74) is 4.90. The number of nitrogens with one attached hydrogen (secondary N) is 1. The van der Waals surface area contributed by atoms with E-state index in [0.29, 0.717) is 0 Å². The topological polar surface area (TPSA) is 81.4 Å². The predicted molar refractivity (Wildman–Crippen MR) is 66.5 cm³/mol. The first-order valence-electron chi connectivity index (χ1n) is 5.44. The van der Waals surface area contributed by atoms with E-state index in [9.17, 15) is 17.2 Å². The van der Waals surface area contributed by atoms with Crippen molar-refractivity contribution in [1.29, 1.82) is 0 Å². The van der Waals surface area contributed by atoms with Crippen LogP contribution in [-0.4, -0.2) is 27.1 Å². The number of sulfonamides is 1. The van der Waals surface area contributed by atoms with Gasteiger partial charge in [-0.25, -0.2) is 13.1 Å². The van der Waals surface area contributed by atoms with Gasteiger partial charge in [-0.2, -0.15) is 8.78 Å². The van der Waals surface area contributed by atoms with Gasteiger partial charge in [0.2, 0.25) is 10.0 Å². The minimum atomic E-state index is -3.96. The summed E-state index contributed by atoms with van der Waals surface area (Å²) in [6.07, 6.45) is 0. The molecule has 0 saturated carbocycles. The van der Waals surface area contributed by atoms with Crippen LogP contribution >= 0.6 is 0 Å². The van der Waals surface area contributed by atoms with Crippen LogP contribution in [0.1, 0.15) is 13.8 Å². The van der Waals surface area contributed by atoms with Crippen LogP contribution in [0.2, 0.25) is 0 Å². The molecule has 19 heavy (non-hydrogen) atoms. The van der Waals surface area contributed by atoms with Crippen molar-refractivity contribution in [3.05, 3.63) is 24.3 Å². The summed E-state index contributed by atoms with van der Waals surface area (Å²) < 4.78 is 54.8. The van der Waals surface area contributed by atoms with Crippen molar-refractivity contribution in [1.82, 2.24) is 4.72 Å². The predicted octanol–water partition coefficient (Wildman–Crippen LogP) is 1.30. The number of para-hydroxylation sites is 1. The second-order valence-corrected chi connectivity index (χ2v) is 6.37. The van der Waals surface area contributed by atoms with E-state index in [4.69, 9.17) is 5.73 Å². The van der Waals surface area contributed by atoms with Crippen molar-refractivity contribution in [2.24, 2.45) is 5.73 Å². The van der Waals surface area contributed by atoms with Crippen LogP contribution in [0.3, 0.4) is 0 Å². The molecule has 108 valence electrons. The zero-order chi connectivity index (χ0) is 14.7. The third-order valence-electron chi connectivity index (χ3n) is 2.07. The minimum absolute atomic E-state index is 0.0294. The Labute approximate surface area is 110 Å². The number of ether oxygens (including phenoxy) is 1. The second-order valence-electron chi connectivity index (χ2n) is 4.64. The van der Waals surface area contributed by atoms with E-state index in [0.717, 1.165) is 6.07 Å². The fraction of sp³-hybridized carbons (Fsp3) is 0.455. The van der Waals surface area contributed by atoms with Crippen molar-refractivity contribution in [2.45, 2.75) is 30.9 Å². The van der Waals surface area contributed by atoms with E-state index < -0.39 is 27.9 Å². The van der Waals surface area contributed by atoms with E-state index in [-0.39, 0.29) is 11.4 Å². The molecular weight excluding hydrogens is 278 g/mol. The van der Waals surface area contributed by atoms with Crippen LogP contribution in [-0.2, 0) is 10.0 Å². The molecule has 0 amide bonds. The third kappa shape index (κ3) is 5.09. The summed E-state index contributed by atoms with van der Waals surface area (Å²) in [5.74, 6) is -0.403. The van der Waals surface area contributed by atoms with E-state index in [2.05, 4.69) is 9.46 Å². The minimum Gasteiger partial charge on any atom is -0.433 e. The number of benzene rings is 1. The molecule has 0 radical (unpaired) electrons. The van der Waals surface area contributed by atoms with E-state index in [1.165, 1.54) is 18.2 Å². The van der Waals surface area contributed by atoms with E-state index in [1.807, 2.05) is 0 Å². The van der Waals surface area contributed by atoms with Gasteiger partial charge >= 0.3 is 6.61 Å². The lowest BCUT2D eigenvalue weighted by Gasteiger charge is -2.19. The monoisotopic (exact) mass is 294 g/mol. The molecule has 1 aromatic carbocycles. The summed E-state index contributed by atoms with van der Waals surface area (Å²) >= 11 is 0. The highest BCUT2D eigenvalue weighted by atomic mass is 32.2. The third-order valence-corrected chi connectivity index (χ3v) is 3.51. The lowest BCUT2D eigenvalue weighted by atomic mass is 10.1. The van der Waals surface area contributed by atoms with Gasteiger partial charge in [0, 0.05) is 12.1 Å². The number of rotatable bonds is 6. The number of alkyl halides is 2. The maximum absolute atomic E-state index is 12.2. The molecule has 0 fully saturated rings. The molecule has 0 heterocycles. The van der Waals surface area contributed by atoms with Crippen LogP contribution < -0.4 is 15.2 Å². The van der Waals surface area contributed by atoms with Crippen LogP contribution in [0.4, 0.5) is 8.78 Å². The summed E-state index contributed by atoms with van der Waals surface area (Å²) in [6, 6.07) is 5.17. The Morgan fingerprint density at radius 1 is 1.37 bits per heavy atom. The fourth-order valence-electron chi connectivity index (χ4n) is 1.22. The Kier molecular flexibility index (Phi) is 4.83. The zero-order valence-corrected chi connectivity index (χ0v) is 11.4. The summed E-state index contributed by atoms with van der Waals surface area (Å²) in [6.45, 7) is 0.147. The summed E-state index contributed by atoms with van der Waals surface area (Å²) in [7, 11) is -3.96. The van der Waals surface area contributed by atoms with Crippen molar-refractivity contribution in [3.63, 3.8) is 0 Å². The Morgan fingerprint density at radius 3 is 2.47 bits per heavy atom. The fourth-order valence-corrected chi connectivity index (χ4v) is 2.58. The van der Waals surface area contributed by atoms with Gasteiger partial charge in [-0.3, -0.25) is 0 Å². The highest BCUT2D eigenvalue weighted by molar-refractivity contribution is 7.89. The first kappa shape index (κ1) is 15.8. The second kappa shape index (κ2) is 5.81. The number of nitrogens with two attached hydrogens (primary N) is 1. The SMILES string of the molecule is CC(C)(N)CNS(=O)(=O)c1ccccc1OC(F)F. The van der Waals surface area contributed by atoms with Gasteiger partial charge in [0.1, 0.15) is 10.6 Å². The zero-order valence-electron chi connectivity index (χ0n) is 10.6. The van der Waals surface area contributed by atoms with Gasteiger partial charge in [0.15, 0.2) is 0 Å². The van der Waals surface area contributed by atoms with Gasteiger partial charge in [0.05, 0.1) is 0 Å². The lowest BCUT2D eigenvalue weighted by Crippen LogP contribution is -2.45. The standard InChI is InChI=1S/C11H16F2N2O3S/c1-11(2,14)7-15-19(16,17)9-6-4-3-5-8(9)18-10(12)13/h3-6,10,15H,7,14H2,1-2H3. The van der Waals surface area contributed by atoms with Crippen LogP contribution in [0, 0.1) is 0 Å². The molecule has 0 aliphatic carbocycles. The molecule has 0 unspecified atom stereocenters. The number of halogens is 2. The normalized spacial score (nSPS) is 12.7. The van der Waals surface area contributed by atoms with Crippen LogP contribution in [0.25, 0.3) is 0 Å². The maximum atomic E-state index is 12.2. The van der Waals surface area contributed by atoms with Gasteiger partial charge in [-0.15, -0.1) is 0 Å². The lowest BCUT2D eigenvalue weighted by molar-refractivity contribution is -0.0517. The molecule has 3 N–H and O–H groups in total. The highest BCUT2D eigenvalue weighted by Gasteiger charge is 2.23. The van der Waals surface area contributed by atoms with E-state index in [1.54, 1.807) is 13.8 Å². The molecule has 5 nitrogen and oxygen atoms in total. The first-order valence-corrected chi connectivity index (χ1v) is 6.92. The molecule has 0 aliphatic heterocycles. The largest absolute Gasteiger partial charge is 0.433 e. The Balaban J connectivity index is 3.01. The van der Waals surface area contributed by atoms with E-state index >= 15 is 0 Å². The van der Waals surface area contributed by atoms with Crippen molar-refractivity contribution < 1.29 is 21.9 Å². The maximum Gasteiger partial charge on any atom is 0.387 e. The van der Waals surface area contributed by atoms with Gasteiger partial charge in [-0.1, -0.05) is 12.1 Å². The van der Waals surface area contributed by atoms with Gasteiger partial charge in [-0.05, 0) is 26.0 Å². The van der Waals surface area contributed by atoms with Crippen molar-refractivity contribution >= 4 is 10.0 Å². The van der Waals surface area contributed by atoms with Crippen LogP contribution in [0.5, 0.6) is 5.75 Å². The molecule has 0 aliphatic rings. The Morgan fingerprint density at radius 2 is 1.95 bits per heavy atom. The molecule has 1 rings (SSSR count). The Bertz CT molecular complexity index is 527. The van der Waals surface area contributed by atoms with Crippen LogP contribution in [0.15, 0.2) is 29.2 Å².